The van der Waals surface area contributed by atoms with E-state index in [1.807, 2.05) is 7.05 Å². The average molecular weight is 165 g/mol. The number of unbranched alkanes of at least 4 members (excludes halogenated alkanes) is 2. The van der Waals surface area contributed by atoms with Gasteiger partial charge in [-0.1, -0.05) is 0 Å². The number of nitriles is 2. The average Bonchev–Trinajstić information content (AvgIpc) is 2.09. The van der Waals surface area contributed by atoms with E-state index in [9.17, 15) is 0 Å². The fraction of sp³-hybridized carbons (Fsp3) is 0.778. The predicted molar refractivity (Wildman–Crippen MR) is 47.2 cm³/mol. The normalized spacial score (nSPS) is 9.33. The zero-order valence-corrected chi connectivity index (χ0v) is 7.58. The standard InChI is InChI=1S/C9H15N3/c1-12(9-5-7-11)8-4-2-3-6-10/h2-5,8-9H2,1H3. The molecule has 0 saturated heterocycles. The zero-order chi connectivity index (χ0) is 9.23. The molecule has 3 nitrogen and oxygen atoms in total. The molecule has 0 aliphatic rings. The minimum atomic E-state index is 0.592. The minimum Gasteiger partial charge on any atom is -0.305 e. The van der Waals surface area contributed by atoms with Gasteiger partial charge in [0, 0.05) is 19.4 Å². The summed E-state index contributed by atoms with van der Waals surface area (Å²) in [5, 5.41) is 16.6. The molecule has 0 radical (unpaired) electrons. The van der Waals surface area contributed by atoms with Gasteiger partial charge in [0.15, 0.2) is 0 Å². The molecular formula is C9H15N3. The van der Waals surface area contributed by atoms with E-state index in [1.165, 1.54) is 0 Å². The summed E-state index contributed by atoms with van der Waals surface area (Å²) in [5.74, 6) is 0. The Labute approximate surface area is 74.2 Å². The molecule has 66 valence electrons. The molecule has 0 rings (SSSR count). The smallest absolute Gasteiger partial charge is 0.0635 e. The SMILES string of the molecule is CN(CCC#N)CCCCC#N. The Balaban J connectivity index is 3.16. The molecule has 0 atom stereocenters. The molecule has 3 heteroatoms. The largest absolute Gasteiger partial charge is 0.305 e. The summed E-state index contributed by atoms with van der Waals surface area (Å²) in [6.07, 6.45) is 3.25. The van der Waals surface area contributed by atoms with Crippen LogP contribution in [0.4, 0.5) is 0 Å². The van der Waals surface area contributed by atoms with E-state index in [2.05, 4.69) is 17.0 Å². The lowest BCUT2D eigenvalue weighted by atomic mass is 10.2. The molecule has 0 amide bonds. The third kappa shape index (κ3) is 7.05. The quantitative estimate of drug-likeness (QED) is 0.561. The second kappa shape index (κ2) is 8.04. The maximum absolute atomic E-state index is 8.31. The van der Waals surface area contributed by atoms with Crippen molar-refractivity contribution in [1.29, 1.82) is 10.5 Å². The van der Waals surface area contributed by atoms with Crippen LogP contribution >= 0.6 is 0 Å². The van der Waals surface area contributed by atoms with Crippen molar-refractivity contribution in [3.8, 4) is 12.1 Å². The number of hydrogen-bond donors (Lipinski definition) is 0. The minimum absolute atomic E-state index is 0.592. The first-order chi connectivity index (χ1) is 5.81. The topological polar surface area (TPSA) is 50.8 Å². The molecule has 12 heavy (non-hydrogen) atoms. The molecule has 0 heterocycles. The second-order valence-corrected chi connectivity index (χ2v) is 2.83. The molecule has 0 saturated carbocycles. The van der Waals surface area contributed by atoms with E-state index < -0.39 is 0 Å². The highest BCUT2D eigenvalue weighted by atomic mass is 15.1. The van der Waals surface area contributed by atoms with E-state index in [-0.39, 0.29) is 0 Å². The molecule has 0 aliphatic carbocycles. The van der Waals surface area contributed by atoms with Gasteiger partial charge in [0.1, 0.15) is 0 Å². The van der Waals surface area contributed by atoms with Crippen LogP contribution in [0.5, 0.6) is 0 Å². The number of hydrogen-bond acceptors (Lipinski definition) is 3. The van der Waals surface area contributed by atoms with Gasteiger partial charge in [0.25, 0.3) is 0 Å². The predicted octanol–water partition coefficient (Wildman–Crippen LogP) is 1.53. The Bertz CT molecular complexity index is 175. The van der Waals surface area contributed by atoms with Crippen molar-refractivity contribution >= 4 is 0 Å². The van der Waals surface area contributed by atoms with E-state index in [0.717, 1.165) is 25.9 Å². The van der Waals surface area contributed by atoms with Crippen LogP contribution in [-0.2, 0) is 0 Å². The molecule has 0 fully saturated rings. The Morgan fingerprint density at radius 2 is 1.67 bits per heavy atom. The molecule has 0 spiro atoms. The summed E-state index contributed by atoms with van der Waals surface area (Å²) in [4.78, 5) is 2.13. The molecule has 0 N–H and O–H groups in total. The van der Waals surface area contributed by atoms with Crippen LogP contribution in [0.2, 0.25) is 0 Å². The summed E-state index contributed by atoms with van der Waals surface area (Å²) in [5.41, 5.74) is 0. The van der Waals surface area contributed by atoms with Crippen molar-refractivity contribution < 1.29 is 0 Å². The maximum atomic E-state index is 8.31. The third-order valence-corrected chi connectivity index (χ3v) is 1.68. The molecule has 0 aromatic heterocycles. The highest BCUT2D eigenvalue weighted by Gasteiger charge is 1.96. The highest BCUT2D eigenvalue weighted by Crippen LogP contribution is 1.96. The van der Waals surface area contributed by atoms with Crippen LogP contribution < -0.4 is 0 Å². The van der Waals surface area contributed by atoms with Gasteiger partial charge >= 0.3 is 0 Å². The lowest BCUT2D eigenvalue weighted by molar-refractivity contribution is 0.334. The van der Waals surface area contributed by atoms with Gasteiger partial charge in [-0.05, 0) is 26.4 Å². The summed E-state index contributed by atoms with van der Waals surface area (Å²) in [7, 11) is 2.00. The summed E-state index contributed by atoms with van der Waals surface area (Å²) in [6.45, 7) is 1.83. The second-order valence-electron chi connectivity index (χ2n) is 2.83. The first kappa shape index (κ1) is 10.9. The van der Waals surface area contributed by atoms with E-state index in [4.69, 9.17) is 10.5 Å². The highest BCUT2D eigenvalue weighted by molar-refractivity contribution is 4.72. The van der Waals surface area contributed by atoms with Crippen molar-refractivity contribution in [2.24, 2.45) is 0 Å². The van der Waals surface area contributed by atoms with Crippen LogP contribution in [0, 0.1) is 22.7 Å². The van der Waals surface area contributed by atoms with Crippen molar-refractivity contribution in [2.75, 3.05) is 20.1 Å². The van der Waals surface area contributed by atoms with E-state index >= 15 is 0 Å². The van der Waals surface area contributed by atoms with Gasteiger partial charge in [-0.3, -0.25) is 0 Å². The van der Waals surface area contributed by atoms with Crippen molar-refractivity contribution in [1.82, 2.24) is 4.90 Å². The molecule has 0 unspecified atom stereocenters. The Kier molecular flexibility index (Phi) is 7.33. The summed E-state index contributed by atoms with van der Waals surface area (Å²) < 4.78 is 0. The lowest BCUT2D eigenvalue weighted by Gasteiger charge is -2.13. The zero-order valence-electron chi connectivity index (χ0n) is 7.58. The number of rotatable bonds is 6. The third-order valence-electron chi connectivity index (χ3n) is 1.68. The van der Waals surface area contributed by atoms with Gasteiger partial charge in [0.05, 0.1) is 12.1 Å². The van der Waals surface area contributed by atoms with E-state index in [0.29, 0.717) is 12.8 Å². The monoisotopic (exact) mass is 165 g/mol. The summed E-state index contributed by atoms with van der Waals surface area (Å²) in [6, 6.07) is 4.22. The van der Waals surface area contributed by atoms with Crippen LogP contribution in [0.3, 0.4) is 0 Å². The first-order valence-electron chi connectivity index (χ1n) is 4.23. The fourth-order valence-electron chi connectivity index (χ4n) is 0.938. The van der Waals surface area contributed by atoms with Gasteiger partial charge in [0.2, 0.25) is 0 Å². The van der Waals surface area contributed by atoms with E-state index in [1.54, 1.807) is 0 Å². The molecule has 0 aliphatic heterocycles. The van der Waals surface area contributed by atoms with Crippen LogP contribution in [0.1, 0.15) is 25.7 Å². The number of nitrogens with zero attached hydrogens (tertiary/aromatic N) is 3. The Morgan fingerprint density at radius 3 is 2.25 bits per heavy atom. The van der Waals surface area contributed by atoms with Gasteiger partial charge in [-0.2, -0.15) is 10.5 Å². The fourth-order valence-corrected chi connectivity index (χ4v) is 0.938. The van der Waals surface area contributed by atoms with Gasteiger partial charge in [-0.15, -0.1) is 0 Å². The van der Waals surface area contributed by atoms with Gasteiger partial charge in [-0.25, -0.2) is 0 Å². The van der Waals surface area contributed by atoms with Crippen molar-refractivity contribution in [3.63, 3.8) is 0 Å². The van der Waals surface area contributed by atoms with Crippen LogP contribution in [0.15, 0.2) is 0 Å². The Hall–Kier alpha value is -1.06. The molecular weight excluding hydrogens is 150 g/mol. The van der Waals surface area contributed by atoms with Crippen molar-refractivity contribution in [3.05, 3.63) is 0 Å². The molecule has 0 bridgehead atoms. The van der Waals surface area contributed by atoms with Crippen molar-refractivity contribution in [2.45, 2.75) is 25.7 Å². The first-order valence-corrected chi connectivity index (χ1v) is 4.23. The summed E-state index contributed by atoms with van der Waals surface area (Å²) >= 11 is 0. The lowest BCUT2D eigenvalue weighted by Crippen LogP contribution is -2.20. The van der Waals surface area contributed by atoms with Gasteiger partial charge < -0.3 is 4.90 Å². The Morgan fingerprint density at radius 1 is 1.00 bits per heavy atom. The van der Waals surface area contributed by atoms with Crippen LogP contribution in [0.25, 0.3) is 0 Å². The van der Waals surface area contributed by atoms with Crippen LogP contribution in [-0.4, -0.2) is 25.0 Å². The molecule has 0 aromatic carbocycles. The maximum Gasteiger partial charge on any atom is 0.0635 e. The molecule has 0 aromatic rings.